The van der Waals surface area contributed by atoms with Crippen molar-refractivity contribution in [3.63, 3.8) is 0 Å². The van der Waals surface area contributed by atoms with Crippen molar-refractivity contribution < 1.29 is 19.1 Å². The van der Waals surface area contributed by atoms with Gasteiger partial charge < -0.3 is 14.8 Å². The van der Waals surface area contributed by atoms with E-state index in [1.807, 2.05) is 56.3 Å². The van der Waals surface area contributed by atoms with E-state index in [1.54, 1.807) is 6.07 Å². The number of nitrogens with one attached hydrogen (secondary N) is 1. The molecule has 0 radical (unpaired) electrons. The van der Waals surface area contributed by atoms with Gasteiger partial charge in [0.2, 0.25) is 0 Å². The molecule has 2 rings (SSSR count). The molecule has 132 valence electrons. The minimum atomic E-state index is -0.876. The fourth-order valence-corrected chi connectivity index (χ4v) is 2.23. The third-order valence-corrected chi connectivity index (χ3v) is 3.89. The molecule has 0 heterocycles. The molecule has 0 bridgehead atoms. The molecule has 1 atom stereocenters. The van der Waals surface area contributed by atoms with Gasteiger partial charge in [-0.1, -0.05) is 42.5 Å². The van der Waals surface area contributed by atoms with E-state index < -0.39 is 12.1 Å². The summed E-state index contributed by atoms with van der Waals surface area (Å²) in [6, 6.07) is 15.2. The average Bonchev–Trinajstić information content (AvgIpc) is 2.61. The normalized spacial score (nSPS) is 11.5. The van der Waals surface area contributed by atoms with E-state index in [-0.39, 0.29) is 12.5 Å². The van der Waals surface area contributed by atoms with Crippen LogP contribution >= 0.6 is 0 Å². The van der Waals surface area contributed by atoms with Crippen molar-refractivity contribution in [2.45, 2.75) is 33.4 Å². The van der Waals surface area contributed by atoms with Crippen molar-refractivity contribution in [2.75, 3.05) is 6.61 Å². The highest BCUT2D eigenvalue weighted by atomic mass is 16.6. The molecule has 5 nitrogen and oxygen atoms in total. The Balaban J connectivity index is 1.77. The number of carbonyl (C=O) groups excluding carboxylic acids is 2. The SMILES string of the molecule is Cc1cccc(OCC(=O)O[C@@H](C)C(=O)NCc2ccccc2)c1C. The van der Waals surface area contributed by atoms with E-state index in [0.29, 0.717) is 12.3 Å². The molecule has 0 aliphatic heterocycles. The van der Waals surface area contributed by atoms with Crippen LogP contribution < -0.4 is 10.1 Å². The van der Waals surface area contributed by atoms with Gasteiger partial charge >= 0.3 is 5.97 Å². The first-order chi connectivity index (χ1) is 12.0. The van der Waals surface area contributed by atoms with E-state index in [4.69, 9.17) is 9.47 Å². The number of rotatable bonds is 7. The second-order valence-electron chi connectivity index (χ2n) is 5.82. The van der Waals surface area contributed by atoms with Gasteiger partial charge in [-0.25, -0.2) is 4.79 Å². The number of aryl methyl sites for hydroxylation is 1. The largest absolute Gasteiger partial charge is 0.482 e. The molecular weight excluding hydrogens is 318 g/mol. The van der Waals surface area contributed by atoms with Crippen molar-refractivity contribution in [2.24, 2.45) is 0 Å². The van der Waals surface area contributed by atoms with Crippen LogP contribution in [-0.4, -0.2) is 24.6 Å². The van der Waals surface area contributed by atoms with Gasteiger partial charge in [0.25, 0.3) is 5.91 Å². The summed E-state index contributed by atoms with van der Waals surface area (Å²) in [5.41, 5.74) is 3.04. The van der Waals surface area contributed by atoms with Crippen LogP contribution in [0.3, 0.4) is 0 Å². The maximum Gasteiger partial charge on any atom is 0.344 e. The van der Waals surface area contributed by atoms with Crippen LogP contribution in [0.1, 0.15) is 23.6 Å². The van der Waals surface area contributed by atoms with Gasteiger partial charge in [-0.2, -0.15) is 0 Å². The Hall–Kier alpha value is -2.82. The van der Waals surface area contributed by atoms with Crippen molar-refractivity contribution in [3.05, 3.63) is 65.2 Å². The standard InChI is InChI=1S/C20H23NO4/c1-14-8-7-11-18(15(14)2)24-13-19(22)25-16(3)20(23)21-12-17-9-5-4-6-10-17/h4-11,16H,12-13H2,1-3H3,(H,21,23)/t16-/m0/s1. The molecule has 0 aliphatic rings. The molecule has 0 aliphatic carbocycles. The first kappa shape index (κ1) is 18.5. The predicted molar refractivity (Wildman–Crippen MR) is 95.3 cm³/mol. The quantitative estimate of drug-likeness (QED) is 0.787. The number of benzene rings is 2. The molecule has 1 amide bonds. The Bertz CT molecular complexity index is 728. The van der Waals surface area contributed by atoms with Gasteiger partial charge in [-0.05, 0) is 43.5 Å². The number of ether oxygens (including phenoxy) is 2. The van der Waals surface area contributed by atoms with Crippen LogP contribution in [-0.2, 0) is 20.9 Å². The number of carbonyl (C=O) groups is 2. The number of hydrogen-bond donors (Lipinski definition) is 1. The third-order valence-electron chi connectivity index (χ3n) is 3.89. The smallest absolute Gasteiger partial charge is 0.344 e. The van der Waals surface area contributed by atoms with E-state index in [9.17, 15) is 9.59 Å². The van der Waals surface area contributed by atoms with E-state index in [2.05, 4.69) is 5.32 Å². The monoisotopic (exact) mass is 341 g/mol. The van der Waals surface area contributed by atoms with E-state index >= 15 is 0 Å². The number of hydrogen-bond acceptors (Lipinski definition) is 4. The highest BCUT2D eigenvalue weighted by Gasteiger charge is 2.18. The first-order valence-corrected chi connectivity index (χ1v) is 8.17. The summed E-state index contributed by atoms with van der Waals surface area (Å²) in [4.78, 5) is 23.9. The van der Waals surface area contributed by atoms with Crippen LogP contribution in [0.25, 0.3) is 0 Å². The lowest BCUT2D eigenvalue weighted by atomic mass is 10.1. The molecule has 5 heteroatoms. The summed E-state index contributed by atoms with van der Waals surface area (Å²) >= 11 is 0. The molecule has 2 aromatic rings. The fraction of sp³-hybridized carbons (Fsp3) is 0.300. The van der Waals surface area contributed by atoms with Crippen LogP contribution in [0, 0.1) is 13.8 Å². The third kappa shape index (κ3) is 5.64. The molecular formula is C20H23NO4. The summed E-state index contributed by atoms with van der Waals surface area (Å²) in [6.45, 7) is 5.59. The first-order valence-electron chi connectivity index (χ1n) is 8.17. The van der Waals surface area contributed by atoms with Gasteiger partial charge in [-0.15, -0.1) is 0 Å². The Morgan fingerprint density at radius 1 is 1.04 bits per heavy atom. The number of esters is 1. The zero-order valence-electron chi connectivity index (χ0n) is 14.7. The van der Waals surface area contributed by atoms with E-state index in [0.717, 1.165) is 16.7 Å². The summed E-state index contributed by atoms with van der Waals surface area (Å²) in [5.74, 6) is -0.287. The van der Waals surface area contributed by atoms with Crippen molar-refractivity contribution in [1.29, 1.82) is 0 Å². The Labute approximate surface area is 148 Å². The zero-order chi connectivity index (χ0) is 18.2. The van der Waals surface area contributed by atoms with Crippen LogP contribution in [0.15, 0.2) is 48.5 Å². The minimum absolute atomic E-state index is 0.236. The lowest BCUT2D eigenvalue weighted by Crippen LogP contribution is -2.36. The molecule has 0 saturated heterocycles. The van der Waals surface area contributed by atoms with Gasteiger partial charge in [0.05, 0.1) is 0 Å². The van der Waals surface area contributed by atoms with E-state index in [1.165, 1.54) is 6.92 Å². The summed E-state index contributed by atoms with van der Waals surface area (Å²) in [7, 11) is 0. The lowest BCUT2D eigenvalue weighted by molar-refractivity contribution is -0.156. The van der Waals surface area contributed by atoms with Crippen LogP contribution in [0.4, 0.5) is 0 Å². The zero-order valence-corrected chi connectivity index (χ0v) is 14.7. The molecule has 1 N–H and O–H groups in total. The average molecular weight is 341 g/mol. The topological polar surface area (TPSA) is 64.6 Å². The summed E-state index contributed by atoms with van der Waals surface area (Å²) < 4.78 is 10.6. The Morgan fingerprint density at radius 2 is 1.76 bits per heavy atom. The molecule has 0 spiro atoms. The van der Waals surface area contributed by atoms with Crippen molar-refractivity contribution in [1.82, 2.24) is 5.32 Å². The minimum Gasteiger partial charge on any atom is -0.482 e. The second kappa shape index (κ2) is 8.87. The van der Waals surface area contributed by atoms with Gasteiger partial charge in [0.1, 0.15) is 5.75 Å². The lowest BCUT2D eigenvalue weighted by Gasteiger charge is -2.15. The predicted octanol–water partition coefficient (Wildman–Crippen LogP) is 2.93. The summed E-state index contributed by atoms with van der Waals surface area (Å²) in [6.07, 6.45) is -0.876. The van der Waals surface area contributed by atoms with Gasteiger partial charge in [0, 0.05) is 6.54 Å². The Kier molecular flexibility index (Phi) is 6.57. The molecule has 0 fully saturated rings. The van der Waals surface area contributed by atoms with Gasteiger partial charge in [0.15, 0.2) is 12.7 Å². The molecule has 0 unspecified atom stereocenters. The van der Waals surface area contributed by atoms with Crippen LogP contribution in [0.2, 0.25) is 0 Å². The maximum absolute atomic E-state index is 12.0. The highest BCUT2D eigenvalue weighted by molar-refractivity contribution is 5.83. The van der Waals surface area contributed by atoms with Crippen molar-refractivity contribution in [3.8, 4) is 5.75 Å². The van der Waals surface area contributed by atoms with Crippen LogP contribution in [0.5, 0.6) is 5.75 Å². The van der Waals surface area contributed by atoms with Crippen molar-refractivity contribution >= 4 is 11.9 Å². The second-order valence-corrected chi connectivity index (χ2v) is 5.82. The molecule has 2 aromatic carbocycles. The summed E-state index contributed by atoms with van der Waals surface area (Å²) in [5, 5.41) is 2.74. The number of amides is 1. The fourth-order valence-electron chi connectivity index (χ4n) is 2.23. The maximum atomic E-state index is 12.0. The molecule has 25 heavy (non-hydrogen) atoms. The molecule has 0 aromatic heterocycles. The van der Waals surface area contributed by atoms with Gasteiger partial charge in [-0.3, -0.25) is 4.79 Å². The Morgan fingerprint density at radius 3 is 2.48 bits per heavy atom. The molecule has 0 saturated carbocycles. The highest BCUT2D eigenvalue weighted by Crippen LogP contribution is 2.20.